The molecular weight excluding hydrogens is 276 g/mol. The molecule has 1 unspecified atom stereocenters. The van der Waals surface area contributed by atoms with Crippen molar-refractivity contribution in [2.45, 2.75) is 13.0 Å². The number of hydrogen-bond donors (Lipinski definition) is 2. The van der Waals surface area contributed by atoms with Crippen LogP contribution in [-0.2, 0) is 0 Å². The van der Waals surface area contributed by atoms with Crippen LogP contribution in [-0.4, -0.2) is 29.0 Å². The van der Waals surface area contributed by atoms with Crippen LogP contribution in [0.3, 0.4) is 0 Å². The Morgan fingerprint density at radius 3 is 2.40 bits per heavy atom. The van der Waals surface area contributed by atoms with E-state index in [-0.39, 0.29) is 12.0 Å². The van der Waals surface area contributed by atoms with Gasteiger partial charge in [-0.15, -0.1) is 0 Å². The maximum Gasteiger partial charge on any atom is 0.231 e. The van der Waals surface area contributed by atoms with Crippen LogP contribution in [0.2, 0.25) is 5.02 Å². The van der Waals surface area contributed by atoms with Gasteiger partial charge in [-0.1, -0.05) is 23.7 Å². The second-order valence-corrected chi connectivity index (χ2v) is 5.07. The van der Waals surface area contributed by atoms with E-state index in [1.807, 2.05) is 45.3 Å². The molecule has 1 atom stereocenters. The molecule has 0 amide bonds. The summed E-state index contributed by atoms with van der Waals surface area (Å²) in [5.74, 6) is 1.15. The van der Waals surface area contributed by atoms with Crippen LogP contribution in [0.4, 0.5) is 17.8 Å². The monoisotopic (exact) mass is 292 g/mol. The molecule has 20 heavy (non-hydrogen) atoms. The topological polar surface area (TPSA) is 80.0 Å². The summed E-state index contributed by atoms with van der Waals surface area (Å²) in [5.41, 5.74) is 6.77. The highest BCUT2D eigenvalue weighted by Gasteiger charge is 2.10. The van der Waals surface area contributed by atoms with Crippen LogP contribution in [0.15, 0.2) is 24.3 Å². The highest BCUT2D eigenvalue weighted by atomic mass is 35.5. The molecule has 1 aromatic carbocycles. The molecule has 0 aliphatic heterocycles. The van der Waals surface area contributed by atoms with Crippen molar-refractivity contribution in [1.29, 1.82) is 0 Å². The summed E-state index contributed by atoms with van der Waals surface area (Å²) in [7, 11) is 3.70. The summed E-state index contributed by atoms with van der Waals surface area (Å²) < 4.78 is 0. The van der Waals surface area contributed by atoms with Crippen molar-refractivity contribution in [3.8, 4) is 0 Å². The lowest BCUT2D eigenvalue weighted by Gasteiger charge is -2.16. The maximum atomic E-state index is 5.88. The number of benzene rings is 1. The third kappa shape index (κ3) is 3.48. The predicted molar refractivity (Wildman–Crippen MR) is 82.1 cm³/mol. The summed E-state index contributed by atoms with van der Waals surface area (Å²) in [6, 6.07) is 7.64. The van der Waals surface area contributed by atoms with Crippen molar-refractivity contribution in [3.63, 3.8) is 0 Å². The normalized spacial score (nSPS) is 12.0. The lowest BCUT2D eigenvalue weighted by Crippen LogP contribution is -2.17. The minimum Gasteiger partial charge on any atom is -0.368 e. The number of halogens is 1. The Labute approximate surface area is 123 Å². The van der Waals surface area contributed by atoms with E-state index in [9.17, 15) is 0 Å². The standard InChI is InChI=1S/C13H17ClN6/c1-8(9-4-6-10(14)7-5-9)16-12-17-11(15)18-13(19-12)20(2)3/h4-8H,1-3H3,(H3,15,16,17,18,19). The largest absolute Gasteiger partial charge is 0.368 e. The lowest BCUT2D eigenvalue weighted by atomic mass is 10.1. The van der Waals surface area contributed by atoms with Crippen LogP contribution in [0.5, 0.6) is 0 Å². The van der Waals surface area contributed by atoms with Crippen LogP contribution in [0.25, 0.3) is 0 Å². The first-order chi connectivity index (χ1) is 9.45. The van der Waals surface area contributed by atoms with E-state index in [2.05, 4.69) is 20.3 Å². The number of nitrogens with zero attached hydrogens (tertiary/aromatic N) is 4. The van der Waals surface area contributed by atoms with Crippen molar-refractivity contribution in [1.82, 2.24) is 15.0 Å². The fourth-order valence-corrected chi connectivity index (χ4v) is 1.80. The summed E-state index contributed by atoms with van der Waals surface area (Å²) in [4.78, 5) is 14.2. The van der Waals surface area contributed by atoms with Gasteiger partial charge in [0.05, 0.1) is 6.04 Å². The van der Waals surface area contributed by atoms with Crippen molar-refractivity contribution in [3.05, 3.63) is 34.9 Å². The third-order valence-electron chi connectivity index (χ3n) is 2.76. The van der Waals surface area contributed by atoms with E-state index >= 15 is 0 Å². The maximum absolute atomic E-state index is 5.88. The molecule has 0 aliphatic rings. The van der Waals surface area contributed by atoms with Gasteiger partial charge in [0.2, 0.25) is 17.8 Å². The van der Waals surface area contributed by atoms with Crippen molar-refractivity contribution in [2.24, 2.45) is 0 Å². The van der Waals surface area contributed by atoms with E-state index in [4.69, 9.17) is 17.3 Å². The molecule has 106 valence electrons. The number of hydrogen-bond acceptors (Lipinski definition) is 6. The van der Waals surface area contributed by atoms with Crippen molar-refractivity contribution >= 4 is 29.4 Å². The number of nitrogen functional groups attached to an aromatic ring is 1. The first-order valence-electron chi connectivity index (χ1n) is 6.16. The zero-order chi connectivity index (χ0) is 14.7. The lowest BCUT2D eigenvalue weighted by molar-refractivity contribution is 0.850. The highest BCUT2D eigenvalue weighted by Crippen LogP contribution is 2.20. The molecule has 2 aromatic rings. The van der Waals surface area contributed by atoms with E-state index in [1.165, 1.54) is 0 Å². The molecule has 3 N–H and O–H groups in total. The van der Waals surface area contributed by atoms with Gasteiger partial charge < -0.3 is 16.0 Å². The van der Waals surface area contributed by atoms with Gasteiger partial charge >= 0.3 is 0 Å². The van der Waals surface area contributed by atoms with Crippen LogP contribution in [0, 0.1) is 0 Å². The zero-order valence-corrected chi connectivity index (χ0v) is 12.4. The van der Waals surface area contributed by atoms with Gasteiger partial charge in [-0.25, -0.2) is 0 Å². The second kappa shape index (κ2) is 5.92. The van der Waals surface area contributed by atoms with Gasteiger partial charge in [0, 0.05) is 19.1 Å². The molecule has 0 bridgehead atoms. The quantitative estimate of drug-likeness (QED) is 0.900. The van der Waals surface area contributed by atoms with Crippen LogP contribution in [0.1, 0.15) is 18.5 Å². The molecular formula is C13H17ClN6. The molecule has 1 aromatic heterocycles. The fourth-order valence-electron chi connectivity index (χ4n) is 1.67. The Kier molecular flexibility index (Phi) is 4.24. The van der Waals surface area contributed by atoms with Crippen LogP contribution < -0.4 is 16.0 Å². The molecule has 7 heteroatoms. The van der Waals surface area contributed by atoms with Gasteiger partial charge in [-0.2, -0.15) is 15.0 Å². The van der Waals surface area contributed by atoms with E-state index in [1.54, 1.807) is 4.90 Å². The SMILES string of the molecule is CC(Nc1nc(N)nc(N(C)C)n1)c1ccc(Cl)cc1. The highest BCUT2D eigenvalue weighted by molar-refractivity contribution is 6.30. The first kappa shape index (κ1) is 14.3. The Morgan fingerprint density at radius 1 is 1.15 bits per heavy atom. The average Bonchev–Trinajstić information content (AvgIpc) is 2.38. The average molecular weight is 293 g/mol. The number of aromatic nitrogens is 3. The Hall–Kier alpha value is -2.08. The number of nitrogens with two attached hydrogens (primary N) is 1. The van der Waals surface area contributed by atoms with Crippen molar-refractivity contribution < 1.29 is 0 Å². The van der Waals surface area contributed by atoms with E-state index < -0.39 is 0 Å². The van der Waals surface area contributed by atoms with Crippen molar-refractivity contribution in [2.75, 3.05) is 30.0 Å². The Balaban J connectivity index is 2.18. The summed E-state index contributed by atoms with van der Waals surface area (Å²) >= 11 is 5.88. The number of rotatable bonds is 4. The Morgan fingerprint density at radius 2 is 1.80 bits per heavy atom. The van der Waals surface area contributed by atoms with Gasteiger partial charge in [-0.3, -0.25) is 0 Å². The van der Waals surface area contributed by atoms with Crippen LogP contribution >= 0.6 is 11.6 Å². The fraction of sp³-hybridized carbons (Fsp3) is 0.308. The molecule has 6 nitrogen and oxygen atoms in total. The van der Waals surface area contributed by atoms with Gasteiger partial charge in [0.1, 0.15) is 0 Å². The molecule has 0 saturated carbocycles. The molecule has 0 fully saturated rings. The summed E-state index contributed by atoms with van der Waals surface area (Å²) in [6.07, 6.45) is 0. The predicted octanol–water partition coefficient (Wildman–Crippen LogP) is 2.35. The minimum atomic E-state index is 0.0316. The zero-order valence-electron chi connectivity index (χ0n) is 11.6. The summed E-state index contributed by atoms with van der Waals surface area (Å²) in [6.45, 7) is 2.01. The first-order valence-corrected chi connectivity index (χ1v) is 6.54. The Bertz CT molecular complexity index is 584. The van der Waals surface area contributed by atoms with Gasteiger partial charge in [-0.05, 0) is 24.6 Å². The van der Waals surface area contributed by atoms with Gasteiger partial charge in [0.25, 0.3) is 0 Å². The molecule has 0 radical (unpaired) electrons. The number of nitrogens with one attached hydrogen (secondary N) is 1. The minimum absolute atomic E-state index is 0.0316. The molecule has 0 aliphatic carbocycles. The third-order valence-corrected chi connectivity index (χ3v) is 3.01. The summed E-state index contributed by atoms with van der Waals surface area (Å²) in [5, 5.41) is 3.91. The molecule has 0 saturated heterocycles. The smallest absolute Gasteiger partial charge is 0.231 e. The second-order valence-electron chi connectivity index (χ2n) is 4.63. The molecule has 2 rings (SSSR count). The van der Waals surface area contributed by atoms with E-state index in [0.717, 1.165) is 5.56 Å². The molecule has 0 spiro atoms. The van der Waals surface area contributed by atoms with E-state index in [0.29, 0.717) is 16.9 Å². The number of anilines is 3. The van der Waals surface area contributed by atoms with Gasteiger partial charge in [0.15, 0.2) is 0 Å². The molecule has 1 heterocycles.